The SMILES string of the molecule is CN=C(N)NCCCCC(=O)Nc1cc(C(F)(F)F)cc(NC(=O)c2cc(C(=O)Nc3cc(C(F)(F)F)cc(NC(=O)CCCCN=C(N)N)c3OC3CCNC3)ncn2)c1OC1CCNC1. The highest BCUT2D eigenvalue weighted by Crippen LogP contribution is 2.43. The lowest BCUT2D eigenvalue weighted by atomic mass is 10.1. The number of hydrogen-bond donors (Lipinski definition) is 10. The zero-order valence-corrected chi connectivity index (χ0v) is 36.3. The summed E-state index contributed by atoms with van der Waals surface area (Å²) in [6.45, 7) is 2.24. The van der Waals surface area contributed by atoms with Gasteiger partial charge in [0.25, 0.3) is 11.8 Å². The van der Waals surface area contributed by atoms with E-state index in [1.807, 2.05) is 0 Å². The average molecular weight is 951 g/mol. The largest absolute Gasteiger partial charge is 0.485 e. The van der Waals surface area contributed by atoms with E-state index in [-0.39, 0.29) is 54.9 Å². The third kappa shape index (κ3) is 15.6. The summed E-state index contributed by atoms with van der Waals surface area (Å²) in [5, 5.41) is 18.6. The van der Waals surface area contributed by atoms with Crippen LogP contribution >= 0.6 is 0 Å². The van der Waals surface area contributed by atoms with Crippen molar-refractivity contribution in [2.24, 2.45) is 27.2 Å². The van der Waals surface area contributed by atoms with Crippen LogP contribution in [-0.2, 0) is 21.9 Å². The van der Waals surface area contributed by atoms with E-state index in [4.69, 9.17) is 26.7 Å². The number of nitrogens with one attached hydrogen (secondary N) is 7. The molecule has 0 spiro atoms. The number of carbonyl (C=O) groups excluding carboxylic acids is 4. The Morgan fingerprint density at radius 3 is 1.54 bits per heavy atom. The number of amides is 4. The molecule has 1 aromatic heterocycles. The smallest absolute Gasteiger partial charge is 0.416 e. The molecule has 2 fully saturated rings. The second-order valence-corrected chi connectivity index (χ2v) is 15.3. The molecule has 67 heavy (non-hydrogen) atoms. The van der Waals surface area contributed by atoms with Crippen LogP contribution in [0.1, 0.15) is 83.5 Å². The van der Waals surface area contributed by atoms with Gasteiger partial charge in [0.1, 0.15) is 29.9 Å². The molecule has 3 heterocycles. The molecule has 0 saturated carbocycles. The highest BCUT2D eigenvalue weighted by molar-refractivity contribution is 6.09. The molecular formula is C41H52F6N14O6. The summed E-state index contributed by atoms with van der Waals surface area (Å²) in [4.78, 5) is 69.0. The van der Waals surface area contributed by atoms with Gasteiger partial charge in [-0.2, -0.15) is 26.3 Å². The molecule has 2 saturated heterocycles. The van der Waals surface area contributed by atoms with Crippen molar-refractivity contribution in [1.82, 2.24) is 25.9 Å². The summed E-state index contributed by atoms with van der Waals surface area (Å²) < 4.78 is 98.1. The van der Waals surface area contributed by atoms with Gasteiger partial charge < -0.3 is 63.9 Å². The van der Waals surface area contributed by atoms with Crippen LogP contribution in [0.25, 0.3) is 0 Å². The molecule has 364 valence electrons. The minimum absolute atomic E-state index is 0.0936. The van der Waals surface area contributed by atoms with E-state index in [1.54, 1.807) is 0 Å². The average Bonchev–Trinajstić information content (AvgIpc) is 3.99. The Hall–Kier alpha value is -6.96. The second kappa shape index (κ2) is 23.5. The fourth-order valence-electron chi connectivity index (χ4n) is 6.72. The lowest BCUT2D eigenvalue weighted by Crippen LogP contribution is -2.32. The maximum absolute atomic E-state index is 14.3. The molecule has 5 rings (SSSR count). The number of unbranched alkanes of at least 4 members (excludes halogenated alkanes) is 2. The first-order valence-corrected chi connectivity index (χ1v) is 21.1. The van der Waals surface area contributed by atoms with Crippen molar-refractivity contribution in [3.63, 3.8) is 0 Å². The fraction of sp³-hybridized carbons (Fsp3) is 0.463. The predicted molar refractivity (Wildman–Crippen MR) is 236 cm³/mol. The van der Waals surface area contributed by atoms with E-state index in [0.717, 1.165) is 12.4 Å². The summed E-state index contributed by atoms with van der Waals surface area (Å²) in [5.41, 5.74) is 10.9. The number of alkyl halides is 6. The van der Waals surface area contributed by atoms with Crippen molar-refractivity contribution < 1.29 is 55.0 Å². The zero-order chi connectivity index (χ0) is 48.7. The Balaban J connectivity index is 1.42. The molecule has 4 amide bonds. The molecule has 20 nitrogen and oxygen atoms in total. The van der Waals surface area contributed by atoms with Crippen LogP contribution in [0.15, 0.2) is 46.6 Å². The van der Waals surface area contributed by atoms with Crippen LogP contribution in [0.3, 0.4) is 0 Å². The Bertz CT molecular complexity index is 2300. The van der Waals surface area contributed by atoms with Crippen molar-refractivity contribution in [3.05, 3.63) is 59.2 Å². The molecule has 13 N–H and O–H groups in total. The number of nitrogens with two attached hydrogens (primary N) is 3. The molecule has 2 aliphatic rings. The first-order chi connectivity index (χ1) is 31.8. The van der Waals surface area contributed by atoms with Crippen LogP contribution in [0, 0.1) is 0 Å². The van der Waals surface area contributed by atoms with E-state index in [2.05, 4.69) is 57.2 Å². The normalized spacial score (nSPS) is 16.2. The first-order valence-electron chi connectivity index (χ1n) is 21.1. The van der Waals surface area contributed by atoms with Gasteiger partial charge in [-0.3, -0.25) is 29.2 Å². The van der Waals surface area contributed by atoms with Crippen molar-refractivity contribution in [1.29, 1.82) is 0 Å². The number of benzene rings is 2. The van der Waals surface area contributed by atoms with E-state index in [9.17, 15) is 45.5 Å². The summed E-state index contributed by atoms with van der Waals surface area (Å²) in [6, 6.07) is 3.43. The van der Waals surface area contributed by atoms with Gasteiger partial charge >= 0.3 is 12.4 Å². The van der Waals surface area contributed by atoms with Crippen LogP contribution in [0.2, 0.25) is 0 Å². The number of aromatic nitrogens is 2. The number of anilines is 4. The first kappa shape index (κ1) is 51.0. The standard InChI is InChI=1S/C41H52F6N14O6/c1-51-39(50)55-11-5-3-7-33(63)59-27-15-23(41(45,46)47)17-29(35(27)67-25-9-13-53-20-25)61-37(65)31-18-30(56-21-57-31)36(64)60-28-16-22(40(42,43)44)14-26(34(28)66-24-8-12-52-19-24)58-32(62)6-2-4-10-54-38(48)49/h14-18,21,24-25,52-53H,2-13,19-20H2,1H3,(H,58,62)(H,59,63)(H,60,64)(H,61,65)(H4,48,49,54)(H3,50,51,55). The zero-order valence-electron chi connectivity index (χ0n) is 36.3. The Morgan fingerprint density at radius 1 is 0.687 bits per heavy atom. The third-order valence-corrected chi connectivity index (χ3v) is 10.1. The number of nitrogens with zero attached hydrogens (tertiary/aromatic N) is 4. The highest BCUT2D eigenvalue weighted by atomic mass is 19.4. The van der Waals surface area contributed by atoms with E-state index >= 15 is 0 Å². The minimum atomic E-state index is -4.97. The minimum Gasteiger partial charge on any atom is -0.485 e. The van der Waals surface area contributed by atoms with Crippen LogP contribution in [0.5, 0.6) is 11.5 Å². The Labute approximate surface area is 380 Å². The number of guanidine groups is 2. The number of halogens is 6. The summed E-state index contributed by atoms with van der Waals surface area (Å²) in [6.07, 6.45) is -8.16. The maximum Gasteiger partial charge on any atom is 0.416 e. The molecule has 2 aromatic carbocycles. The molecule has 2 unspecified atom stereocenters. The van der Waals surface area contributed by atoms with Gasteiger partial charge in [0.15, 0.2) is 23.4 Å². The molecule has 0 aliphatic carbocycles. The number of hydrogen-bond acceptors (Lipinski definition) is 12. The molecule has 0 bridgehead atoms. The van der Waals surface area contributed by atoms with Gasteiger partial charge in [-0.25, -0.2) is 9.97 Å². The monoisotopic (exact) mass is 950 g/mol. The molecular weight excluding hydrogens is 899 g/mol. The van der Waals surface area contributed by atoms with Crippen LogP contribution in [-0.4, -0.2) is 104 Å². The van der Waals surface area contributed by atoms with Gasteiger partial charge in [-0.1, -0.05) is 0 Å². The molecule has 2 atom stereocenters. The van der Waals surface area contributed by atoms with Gasteiger partial charge in [0.2, 0.25) is 11.8 Å². The number of carbonyl (C=O) groups is 4. The Morgan fingerprint density at radius 2 is 1.13 bits per heavy atom. The Kier molecular flexibility index (Phi) is 17.9. The lowest BCUT2D eigenvalue weighted by molar-refractivity contribution is -0.138. The van der Waals surface area contributed by atoms with Gasteiger partial charge in [-0.15, -0.1) is 0 Å². The van der Waals surface area contributed by atoms with E-state index in [0.29, 0.717) is 89.1 Å². The highest BCUT2D eigenvalue weighted by Gasteiger charge is 2.36. The van der Waals surface area contributed by atoms with Gasteiger partial charge in [-0.05, 0) is 75.9 Å². The molecule has 2 aliphatic heterocycles. The third-order valence-electron chi connectivity index (χ3n) is 10.1. The summed E-state index contributed by atoms with van der Waals surface area (Å²) in [5.74, 6) is -4.13. The van der Waals surface area contributed by atoms with E-state index < -0.39 is 87.8 Å². The van der Waals surface area contributed by atoms with Crippen molar-refractivity contribution >= 4 is 58.3 Å². The predicted octanol–water partition coefficient (Wildman–Crippen LogP) is 3.53. The lowest BCUT2D eigenvalue weighted by Gasteiger charge is -2.22. The fourth-order valence-corrected chi connectivity index (χ4v) is 6.72. The summed E-state index contributed by atoms with van der Waals surface area (Å²) >= 11 is 0. The molecule has 0 radical (unpaired) electrons. The molecule has 3 aromatic rings. The number of aliphatic imine (C=N–C) groups is 2. The van der Waals surface area contributed by atoms with Crippen LogP contribution < -0.4 is 63.9 Å². The van der Waals surface area contributed by atoms with Gasteiger partial charge in [0, 0.05) is 52.1 Å². The number of rotatable bonds is 20. The summed E-state index contributed by atoms with van der Waals surface area (Å²) in [7, 11) is 1.49. The van der Waals surface area contributed by atoms with E-state index in [1.165, 1.54) is 7.05 Å². The maximum atomic E-state index is 14.3. The van der Waals surface area contributed by atoms with Crippen molar-refractivity contribution in [2.75, 3.05) is 67.6 Å². The van der Waals surface area contributed by atoms with Crippen LogP contribution in [0.4, 0.5) is 49.1 Å². The van der Waals surface area contributed by atoms with Crippen molar-refractivity contribution in [3.8, 4) is 11.5 Å². The second-order valence-electron chi connectivity index (χ2n) is 15.3. The van der Waals surface area contributed by atoms with Gasteiger partial charge in [0.05, 0.1) is 33.9 Å². The van der Waals surface area contributed by atoms with Crippen molar-refractivity contribution in [2.45, 2.75) is 75.9 Å². The topological polar surface area (TPSA) is 300 Å². The molecule has 26 heteroatoms. The number of ether oxygens (including phenoxy) is 2. The quantitative estimate of drug-likeness (QED) is 0.0336.